The van der Waals surface area contributed by atoms with E-state index in [1.54, 1.807) is 24.8 Å². The maximum Gasteiger partial charge on any atom is 0.333 e. The number of hydroxylamine groups is 2. The molecule has 7 heterocycles. The Balaban J connectivity index is 0.000000152. The molecule has 0 spiro atoms. The van der Waals surface area contributed by atoms with Crippen LogP contribution < -0.4 is 0 Å². The van der Waals surface area contributed by atoms with E-state index in [2.05, 4.69) is 103 Å². The number of carbonyl (C=O) groups excluding carboxylic acids is 3. The predicted octanol–water partition coefficient (Wildman–Crippen LogP) is 10.3. The van der Waals surface area contributed by atoms with Gasteiger partial charge in [-0.15, -0.1) is 5.06 Å². The third-order valence-corrected chi connectivity index (χ3v) is 10.2. The number of aryl methyl sites for hydroxylation is 1. The summed E-state index contributed by atoms with van der Waals surface area (Å²) in [7, 11) is 0. The van der Waals surface area contributed by atoms with E-state index in [1.165, 1.54) is 22.3 Å². The van der Waals surface area contributed by atoms with Crippen molar-refractivity contribution in [3.63, 3.8) is 0 Å². The fraction of sp³-hybridized carbons (Fsp3) is 0.0962. The van der Waals surface area contributed by atoms with Crippen LogP contribution in [0.15, 0.2) is 189 Å². The first-order valence-electron chi connectivity index (χ1n) is 20.5. The molecule has 2 amide bonds. The topological polar surface area (TPSA) is 141 Å². The van der Waals surface area contributed by atoms with E-state index in [9.17, 15) is 14.4 Å². The fourth-order valence-corrected chi connectivity index (χ4v) is 7.12. The molecule has 0 aliphatic carbocycles. The molecule has 64 heavy (non-hydrogen) atoms. The third-order valence-electron chi connectivity index (χ3n) is 10.2. The number of rotatable bonds is 9. The summed E-state index contributed by atoms with van der Waals surface area (Å²) >= 11 is 0. The quantitative estimate of drug-likeness (QED) is 0.0780. The van der Waals surface area contributed by atoms with Crippen LogP contribution in [-0.4, -0.2) is 52.8 Å². The molecule has 1 aliphatic rings. The molecule has 316 valence electrons. The zero-order chi connectivity index (χ0) is 43.2. The van der Waals surface area contributed by atoms with Crippen LogP contribution in [0.1, 0.15) is 31.2 Å². The van der Waals surface area contributed by atoms with Crippen molar-refractivity contribution in [2.24, 2.45) is 0 Å². The summed E-state index contributed by atoms with van der Waals surface area (Å²) in [5, 5.41) is 2.83. The van der Waals surface area contributed by atoms with Gasteiger partial charge in [0.1, 0.15) is 0 Å². The first-order chi connectivity index (χ1) is 31.0. The molecular formula is C52H41N7O4Ru. The molecule has 9 aromatic rings. The normalized spacial score (nSPS) is 11.8. The van der Waals surface area contributed by atoms with Gasteiger partial charge in [-0.3, -0.25) is 39.5 Å². The number of carbonyl (C=O) groups is 3. The number of hydrogen-bond donors (Lipinski definition) is 0. The van der Waals surface area contributed by atoms with Crippen molar-refractivity contribution in [2.75, 3.05) is 0 Å². The molecule has 1 fully saturated rings. The van der Waals surface area contributed by atoms with Crippen LogP contribution >= 0.6 is 0 Å². The molecule has 1 saturated heterocycles. The first-order valence-corrected chi connectivity index (χ1v) is 20.5. The number of aromatic nitrogens is 6. The van der Waals surface area contributed by atoms with E-state index >= 15 is 0 Å². The Morgan fingerprint density at radius 2 is 0.922 bits per heavy atom. The molecule has 3 aromatic carbocycles. The first kappa shape index (κ1) is 44.4. The zero-order valence-corrected chi connectivity index (χ0v) is 36.3. The average Bonchev–Trinajstić information content (AvgIpc) is 3.67. The van der Waals surface area contributed by atoms with E-state index in [0.717, 1.165) is 50.1 Å². The molecule has 6 aromatic heterocycles. The summed E-state index contributed by atoms with van der Waals surface area (Å²) < 4.78 is 0. The molecule has 0 atom stereocenters. The van der Waals surface area contributed by atoms with Crippen LogP contribution in [0.5, 0.6) is 0 Å². The van der Waals surface area contributed by atoms with Crippen molar-refractivity contribution in [3.8, 4) is 45.0 Å². The second kappa shape index (κ2) is 21.9. The predicted molar refractivity (Wildman–Crippen MR) is 243 cm³/mol. The van der Waals surface area contributed by atoms with Crippen LogP contribution in [0.3, 0.4) is 0 Å². The van der Waals surface area contributed by atoms with Gasteiger partial charge in [-0.2, -0.15) is 0 Å². The van der Waals surface area contributed by atoms with Crippen molar-refractivity contribution in [1.82, 2.24) is 35.0 Å². The standard InChI is InChI=1S/C24H16N2.C18H17N3O4.C10H8N2.Ru/c1-3-7-17(8-4-1)19-13-15-25-23-21(19)11-12-22-20(14-16-26-24(22)23)18-9-5-2-6-10-18;22-16-7-8-17(23)21(16)25-18(24)6-3-4-13-9-11-20-15(12-13)14-5-1-2-10-19-14;1-3-7-11-9(5-1)10-6-2-4-8-12-10;/h1-16H;1-2,5,9-12H,3-4,6-8H2;1-8H;. The number of hydrogen-bond acceptors (Lipinski definition) is 10. The maximum atomic E-state index is 11.8. The molecule has 11 nitrogen and oxygen atoms in total. The van der Waals surface area contributed by atoms with Gasteiger partial charge in [0.2, 0.25) is 0 Å². The van der Waals surface area contributed by atoms with Gasteiger partial charge in [-0.1, -0.05) is 91.0 Å². The Kier molecular flexibility index (Phi) is 15.2. The van der Waals surface area contributed by atoms with E-state index in [4.69, 9.17) is 4.84 Å². The Hall–Kier alpha value is -7.69. The number of pyridine rings is 6. The largest absolute Gasteiger partial charge is 0.333 e. The molecule has 1 aliphatic heterocycles. The molecule has 0 bridgehead atoms. The van der Waals surface area contributed by atoms with Gasteiger partial charge in [-0.25, -0.2) is 4.79 Å². The minimum absolute atomic E-state index is 0. The molecule has 0 radical (unpaired) electrons. The molecule has 10 rings (SSSR count). The van der Waals surface area contributed by atoms with Crippen molar-refractivity contribution >= 4 is 39.6 Å². The summed E-state index contributed by atoms with van der Waals surface area (Å²) in [6.07, 6.45) is 12.2. The van der Waals surface area contributed by atoms with Crippen LogP contribution in [0.25, 0.3) is 66.8 Å². The molecule has 0 N–H and O–H groups in total. The summed E-state index contributed by atoms with van der Waals surface area (Å²) in [6, 6.07) is 50.4. The molecule has 0 saturated carbocycles. The van der Waals surface area contributed by atoms with Crippen molar-refractivity contribution < 1.29 is 38.7 Å². The fourth-order valence-electron chi connectivity index (χ4n) is 7.12. The number of nitrogens with zero attached hydrogens (tertiary/aromatic N) is 7. The Bertz CT molecular complexity index is 2810. The maximum absolute atomic E-state index is 11.8. The summed E-state index contributed by atoms with van der Waals surface area (Å²) in [4.78, 5) is 65.7. The smallest absolute Gasteiger partial charge is 0.330 e. The Morgan fingerprint density at radius 1 is 0.484 bits per heavy atom. The Morgan fingerprint density at radius 3 is 1.39 bits per heavy atom. The second-order valence-corrected chi connectivity index (χ2v) is 14.4. The van der Waals surface area contributed by atoms with E-state index in [1.807, 2.05) is 91.3 Å². The van der Waals surface area contributed by atoms with Crippen LogP contribution in [0, 0.1) is 0 Å². The van der Waals surface area contributed by atoms with Crippen molar-refractivity contribution in [1.29, 1.82) is 0 Å². The average molecular weight is 929 g/mol. The van der Waals surface area contributed by atoms with E-state index in [-0.39, 0.29) is 38.7 Å². The minimum Gasteiger partial charge on any atom is -0.330 e. The van der Waals surface area contributed by atoms with Gasteiger partial charge in [0, 0.05) is 86.7 Å². The van der Waals surface area contributed by atoms with Gasteiger partial charge in [0.25, 0.3) is 11.8 Å². The summed E-state index contributed by atoms with van der Waals surface area (Å²) in [5.74, 6) is -1.51. The second-order valence-electron chi connectivity index (χ2n) is 14.4. The number of amides is 2. The van der Waals surface area contributed by atoms with Gasteiger partial charge < -0.3 is 4.84 Å². The third kappa shape index (κ3) is 11.0. The number of benzene rings is 3. The zero-order valence-electron chi connectivity index (χ0n) is 34.6. The summed E-state index contributed by atoms with van der Waals surface area (Å²) in [5.41, 5.74) is 11.1. The van der Waals surface area contributed by atoms with Gasteiger partial charge in [0.05, 0.1) is 33.8 Å². The van der Waals surface area contributed by atoms with Gasteiger partial charge >= 0.3 is 5.97 Å². The monoisotopic (exact) mass is 929 g/mol. The molecule has 0 unspecified atom stereocenters. The number of imide groups is 1. The molecule has 12 heteroatoms. The van der Waals surface area contributed by atoms with E-state index in [0.29, 0.717) is 17.9 Å². The van der Waals surface area contributed by atoms with Crippen LogP contribution in [-0.2, 0) is 45.1 Å². The van der Waals surface area contributed by atoms with Crippen molar-refractivity contribution in [3.05, 3.63) is 194 Å². The molecular weight excluding hydrogens is 888 g/mol. The Labute approximate surface area is 383 Å². The van der Waals surface area contributed by atoms with Gasteiger partial charge in [0.15, 0.2) is 0 Å². The number of fused-ring (bicyclic) bond motifs is 3. The van der Waals surface area contributed by atoms with Crippen LogP contribution in [0.4, 0.5) is 0 Å². The summed E-state index contributed by atoms with van der Waals surface area (Å²) in [6.45, 7) is 0. The van der Waals surface area contributed by atoms with Crippen molar-refractivity contribution in [2.45, 2.75) is 32.1 Å². The minimum atomic E-state index is -0.581. The van der Waals surface area contributed by atoms with Crippen LogP contribution in [0.2, 0.25) is 0 Å². The van der Waals surface area contributed by atoms with Gasteiger partial charge in [-0.05, 0) is 101 Å². The van der Waals surface area contributed by atoms with E-state index < -0.39 is 17.8 Å². The SMILES string of the molecule is O=C(CCCc1ccnc(-c2ccccn2)c1)ON1C(=O)CCC1=O.[Ru].c1ccc(-c2ccccn2)nc1.c1ccc(-c2ccnc3c2ccc2c(-c4ccccc4)ccnc23)cc1.